The molecule has 0 spiro atoms. The summed E-state index contributed by atoms with van der Waals surface area (Å²) >= 11 is 3.55. The minimum atomic E-state index is 0.130. The Kier molecular flexibility index (Phi) is 5.91. The fourth-order valence-corrected chi connectivity index (χ4v) is 2.01. The number of hydrogen-bond acceptors (Lipinski definition) is 2. The summed E-state index contributed by atoms with van der Waals surface area (Å²) in [5.74, 6) is 0. The number of hydrogen-bond donors (Lipinski definition) is 1. The topological polar surface area (TPSA) is 21.3 Å². The van der Waals surface area contributed by atoms with Gasteiger partial charge in [-0.25, -0.2) is 0 Å². The highest BCUT2D eigenvalue weighted by Crippen LogP contribution is 2.25. The van der Waals surface area contributed by atoms with Gasteiger partial charge in [0.05, 0.1) is 6.10 Å². The van der Waals surface area contributed by atoms with Crippen LogP contribution in [0.25, 0.3) is 0 Å². The van der Waals surface area contributed by atoms with Gasteiger partial charge in [-0.15, -0.1) is 0 Å². The summed E-state index contributed by atoms with van der Waals surface area (Å²) in [6, 6.07) is 8.21. The zero-order chi connectivity index (χ0) is 11.1. The maximum absolute atomic E-state index is 5.72. The Bertz CT molecular complexity index is 291. The Morgan fingerprint density at radius 1 is 1.33 bits per heavy atom. The average molecular weight is 272 g/mol. The van der Waals surface area contributed by atoms with Crippen molar-refractivity contribution in [3.05, 3.63) is 34.3 Å². The molecule has 1 aromatic carbocycles. The third-order valence-corrected chi connectivity index (χ3v) is 2.92. The lowest BCUT2D eigenvalue weighted by Crippen LogP contribution is -2.23. The van der Waals surface area contributed by atoms with E-state index in [2.05, 4.69) is 34.2 Å². The van der Waals surface area contributed by atoms with Crippen molar-refractivity contribution >= 4 is 15.9 Å². The van der Waals surface area contributed by atoms with Crippen LogP contribution < -0.4 is 5.32 Å². The molecule has 2 nitrogen and oxygen atoms in total. The van der Waals surface area contributed by atoms with E-state index in [1.165, 1.54) is 5.56 Å². The van der Waals surface area contributed by atoms with Gasteiger partial charge in [-0.2, -0.15) is 0 Å². The minimum Gasteiger partial charge on any atom is -0.372 e. The highest BCUT2D eigenvalue weighted by molar-refractivity contribution is 9.10. The maximum Gasteiger partial charge on any atom is 0.0959 e. The molecule has 1 unspecified atom stereocenters. The first-order valence-corrected chi connectivity index (χ1v) is 6.15. The number of nitrogens with one attached hydrogen (secondary N) is 1. The zero-order valence-corrected chi connectivity index (χ0v) is 10.9. The third-order valence-electron chi connectivity index (χ3n) is 2.20. The first kappa shape index (κ1) is 12.7. The van der Waals surface area contributed by atoms with E-state index in [1.54, 1.807) is 0 Å². The van der Waals surface area contributed by atoms with Crippen molar-refractivity contribution in [1.82, 2.24) is 5.32 Å². The monoisotopic (exact) mass is 271 g/mol. The molecular weight excluding hydrogens is 254 g/mol. The number of rotatable bonds is 6. The molecule has 1 aromatic rings. The summed E-state index contributed by atoms with van der Waals surface area (Å²) in [6.07, 6.45) is 0.130. The van der Waals surface area contributed by atoms with Crippen molar-refractivity contribution in [2.75, 3.05) is 19.7 Å². The predicted octanol–water partition coefficient (Wildman–Crippen LogP) is 3.14. The Hall–Kier alpha value is -0.380. The van der Waals surface area contributed by atoms with E-state index in [0.29, 0.717) is 0 Å². The Morgan fingerprint density at radius 2 is 2.07 bits per heavy atom. The van der Waals surface area contributed by atoms with Crippen LogP contribution in [0.3, 0.4) is 0 Å². The summed E-state index contributed by atoms with van der Waals surface area (Å²) in [7, 11) is 0. The summed E-state index contributed by atoms with van der Waals surface area (Å²) in [4.78, 5) is 0. The van der Waals surface area contributed by atoms with Crippen molar-refractivity contribution in [3.63, 3.8) is 0 Å². The van der Waals surface area contributed by atoms with Gasteiger partial charge >= 0.3 is 0 Å². The highest BCUT2D eigenvalue weighted by Gasteiger charge is 2.13. The van der Waals surface area contributed by atoms with Crippen LogP contribution in [0.4, 0.5) is 0 Å². The van der Waals surface area contributed by atoms with Crippen molar-refractivity contribution in [2.24, 2.45) is 0 Å². The number of benzene rings is 1. The van der Waals surface area contributed by atoms with Gasteiger partial charge in [0.25, 0.3) is 0 Å². The lowest BCUT2D eigenvalue weighted by Gasteiger charge is -2.19. The summed E-state index contributed by atoms with van der Waals surface area (Å²) in [5, 5.41) is 3.31. The van der Waals surface area contributed by atoms with Crippen LogP contribution in [0, 0.1) is 0 Å². The number of likely N-dealkylation sites (N-methyl/N-ethyl adjacent to an activating group) is 1. The molecule has 0 saturated heterocycles. The van der Waals surface area contributed by atoms with Crippen molar-refractivity contribution in [1.29, 1.82) is 0 Å². The van der Waals surface area contributed by atoms with Crippen LogP contribution >= 0.6 is 15.9 Å². The first-order chi connectivity index (χ1) is 7.29. The van der Waals surface area contributed by atoms with Crippen LogP contribution in [0.5, 0.6) is 0 Å². The first-order valence-electron chi connectivity index (χ1n) is 5.36. The summed E-state index contributed by atoms with van der Waals surface area (Å²) in [6.45, 7) is 6.68. The molecule has 0 saturated carbocycles. The fourth-order valence-electron chi connectivity index (χ4n) is 1.47. The Balaban J connectivity index is 2.74. The minimum absolute atomic E-state index is 0.130. The molecule has 0 amide bonds. The van der Waals surface area contributed by atoms with Crippen LogP contribution in [-0.2, 0) is 4.74 Å². The second-order valence-corrected chi connectivity index (χ2v) is 4.13. The molecule has 3 heteroatoms. The molecule has 0 aliphatic heterocycles. The van der Waals surface area contributed by atoms with E-state index in [4.69, 9.17) is 4.74 Å². The van der Waals surface area contributed by atoms with Gasteiger partial charge in [0.2, 0.25) is 0 Å². The highest BCUT2D eigenvalue weighted by atomic mass is 79.9. The van der Waals surface area contributed by atoms with Crippen molar-refractivity contribution in [2.45, 2.75) is 20.0 Å². The van der Waals surface area contributed by atoms with Gasteiger partial charge in [-0.1, -0.05) is 41.1 Å². The van der Waals surface area contributed by atoms with E-state index in [9.17, 15) is 0 Å². The fraction of sp³-hybridized carbons (Fsp3) is 0.500. The van der Waals surface area contributed by atoms with Crippen molar-refractivity contribution < 1.29 is 4.74 Å². The summed E-state index contributed by atoms with van der Waals surface area (Å²) in [5.41, 5.74) is 1.21. The molecule has 1 N–H and O–H groups in total. The van der Waals surface area contributed by atoms with Crippen LogP contribution in [-0.4, -0.2) is 19.7 Å². The largest absolute Gasteiger partial charge is 0.372 e. The normalized spacial score (nSPS) is 12.7. The maximum atomic E-state index is 5.72. The Morgan fingerprint density at radius 3 is 2.67 bits per heavy atom. The second-order valence-electron chi connectivity index (χ2n) is 3.27. The molecule has 0 aliphatic carbocycles. The van der Waals surface area contributed by atoms with E-state index >= 15 is 0 Å². The van der Waals surface area contributed by atoms with Gasteiger partial charge in [0, 0.05) is 17.6 Å². The van der Waals surface area contributed by atoms with E-state index in [0.717, 1.165) is 24.2 Å². The third kappa shape index (κ3) is 3.93. The van der Waals surface area contributed by atoms with E-state index in [1.807, 2.05) is 25.1 Å². The quantitative estimate of drug-likeness (QED) is 0.859. The van der Waals surface area contributed by atoms with Gasteiger partial charge in [-0.05, 0) is 25.1 Å². The van der Waals surface area contributed by atoms with Gasteiger partial charge in [-0.3, -0.25) is 0 Å². The van der Waals surface area contributed by atoms with Crippen molar-refractivity contribution in [3.8, 4) is 0 Å². The molecule has 0 aliphatic rings. The molecule has 0 bridgehead atoms. The van der Waals surface area contributed by atoms with E-state index < -0.39 is 0 Å². The zero-order valence-electron chi connectivity index (χ0n) is 9.29. The number of halogens is 1. The molecule has 0 radical (unpaired) electrons. The molecule has 0 fully saturated rings. The van der Waals surface area contributed by atoms with Gasteiger partial charge in [0.1, 0.15) is 0 Å². The standard InChI is InChI=1S/C12H18BrNO/c1-3-14-9-12(15-4-2)10-7-5-6-8-11(10)13/h5-8,12,14H,3-4,9H2,1-2H3. The molecule has 1 rings (SSSR count). The number of ether oxygens (including phenoxy) is 1. The SMILES string of the molecule is CCNCC(OCC)c1ccccc1Br. The van der Waals surface area contributed by atoms with Gasteiger partial charge in [0.15, 0.2) is 0 Å². The lowest BCUT2D eigenvalue weighted by molar-refractivity contribution is 0.0623. The lowest BCUT2D eigenvalue weighted by atomic mass is 10.1. The van der Waals surface area contributed by atoms with E-state index in [-0.39, 0.29) is 6.10 Å². The van der Waals surface area contributed by atoms with Crippen LogP contribution in [0.15, 0.2) is 28.7 Å². The molecule has 15 heavy (non-hydrogen) atoms. The van der Waals surface area contributed by atoms with Gasteiger partial charge < -0.3 is 10.1 Å². The molecule has 1 atom stereocenters. The second kappa shape index (κ2) is 6.99. The Labute approximate surface area is 100 Å². The predicted molar refractivity (Wildman–Crippen MR) is 67.1 cm³/mol. The summed E-state index contributed by atoms with van der Waals surface area (Å²) < 4.78 is 6.83. The molecule has 0 aromatic heterocycles. The smallest absolute Gasteiger partial charge is 0.0959 e. The average Bonchev–Trinajstić information content (AvgIpc) is 2.25. The molecule has 84 valence electrons. The van der Waals surface area contributed by atoms with Crippen LogP contribution in [0.2, 0.25) is 0 Å². The van der Waals surface area contributed by atoms with Crippen LogP contribution in [0.1, 0.15) is 25.5 Å². The molecule has 0 heterocycles. The molecular formula is C12H18BrNO.